The molecule has 21 heavy (non-hydrogen) atoms. The second-order valence-corrected chi connectivity index (χ2v) is 6.69. The van der Waals surface area contributed by atoms with Crippen LogP contribution in [-0.4, -0.2) is 21.9 Å². The number of carboxylic acids is 1. The Morgan fingerprint density at radius 2 is 2.05 bits per heavy atom. The largest absolute Gasteiger partial charge is 0.478 e. The first-order valence-electron chi connectivity index (χ1n) is 5.45. The van der Waals surface area contributed by atoms with Gasteiger partial charge in [-0.15, -0.1) is 11.3 Å². The van der Waals surface area contributed by atoms with Crippen molar-refractivity contribution in [3.05, 3.63) is 53.8 Å². The molecule has 0 saturated carbocycles. The molecular formula is C12H7IN2O5S. The molecule has 1 heterocycles. The highest BCUT2D eigenvalue weighted by atomic mass is 127. The summed E-state index contributed by atoms with van der Waals surface area (Å²) < 4.78 is 0.917. The van der Waals surface area contributed by atoms with Crippen LogP contribution in [0.1, 0.15) is 20.7 Å². The second kappa shape index (κ2) is 6.18. The van der Waals surface area contributed by atoms with Crippen LogP contribution in [0, 0.1) is 13.0 Å². The third-order valence-corrected chi connectivity index (χ3v) is 4.31. The van der Waals surface area contributed by atoms with E-state index in [1.54, 1.807) is 11.4 Å². The van der Waals surface area contributed by atoms with Crippen molar-refractivity contribution in [1.82, 2.24) is 0 Å². The van der Waals surface area contributed by atoms with Crippen molar-refractivity contribution in [2.24, 2.45) is 0 Å². The number of halogens is 1. The summed E-state index contributed by atoms with van der Waals surface area (Å²) >= 11 is 3.44. The van der Waals surface area contributed by atoms with E-state index in [-0.39, 0.29) is 16.9 Å². The van der Waals surface area contributed by atoms with E-state index in [0.29, 0.717) is 5.56 Å². The van der Waals surface area contributed by atoms with Gasteiger partial charge in [-0.05, 0) is 34.7 Å². The van der Waals surface area contributed by atoms with Crippen molar-refractivity contribution in [2.45, 2.75) is 0 Å². The van der Waals surface area contributed by atoms with Gasteiger partial charge in [0.25, 0.3) is 11.6 Å². The molecule has 2 aromatic rings. The van der Waals surface area contributed by atoms with Gasteiger partial charge in [0.05, 0.1) is 24.6 Å². The maximum atomic E-state index is 12.0. The highest BCUT2D eigenvalue weighted by Crippen LogP contribution is 2.24. The first-order valence-corrected chi connectivity index (χ1v) is 7.41. The van der Waals surface area contributed by atoms with E-state index in [0.717, 1.165) is 15.0 Å². The van der Waals surface area contributed by atoms with Crippen molar-refractivity contribution in [3.63, 3.8) is 0 Å². The smallest absolute Gasteiger partial charge is 0.338 e. The van der Waals surface area contributed by atoms with E-state index < -0.39 is 16.8 Å². The predicted molar refractivity (Wildman–Crippen MR) is 85.0 cm³/mol. The Bertz CT molecular complexity index is 743. The number of carbonyl (C=O) groups is 2. The Hall–Kier alpha value is -2.01. The molecule has 0 bridgehead atoms. The van der Waals surface area contributed by atoms with E-state index in [1.165, 1.54) is 17.4 Å². The van der Waals surface area contributed by atoms with E-state index in [9.17, 15) is 19.7 Å². The molecule has 7 nitrogen and oxygen atoms in total. The topological polar surface area (TPSA) is 110 Å². The van der Waals surface area contributed by atoms with Crippen LogP contribution in [0.5, 0.6) is 0 Å². The number of rotatable bonds is 4. The fraction of sp³-hybridized carbons (Fsp3) is 0. The summed E-state index contributed by atoms with van der Waals surface area (Å²) in [4.78, 5) is 33.1. The lowest BCUT2D eigenvalue weighted by Gasteiger charge is -2.07. The number of nitrogens with one attached hydrogen (secondary N) is 1. The lowest BCUT2D eigenvalue weighted by molar-refractivity contribution is -0.384. The predicted octanol–water partition coefficient (Wildman–Crippen LogP) is 3.21. The Morgan fingerprint density at radius 1 is 1.33 bits per heavy atom. The third-order valence-electron chi connectivity index (χ3n) is 2.52. The molecule has 0 spiro atoms. The molecule has 1 aromatic heterocycles. The molecule has 1 aromatic carbocycles. The summed E-state index contributed by atoms with van der Waals surface area (Å²) in [5.41, 5.74) is -0.267. The van der Waals surface area contributed by atoms with E-state index in [2.05, 4.69) is 27.9 Å². The number of nitro groups is 1. The normalized spacial score (nSPS) is 10.1. The highest BCUT2D eigenvalue weighted by Gasteiger charge is 2.18. The minimum atomic E-state index is -1.35. The number of hydrogen-bond acceptors (Lipinski definition) is 5. The number of nitro benzene ring substituents is 1. The van der Waals surface area contributed by atoms with E-state index >= 15 is 0 Å². The average Bonchev–Trinajstić information content (AvgIpc) is 2.85. The standard InChI is InChI=1S/C12H7IN2O5S/c13-10-3-6(5-21-10)11(16)14-9-2-1-7(15(19)20)4-8(9)12(17)18/h1-5H,(H,14,16)(H,17,18). The molecule has 1 amide bonds. The zero-order valence-corrected chi connectivity index (χ0v) is 13.2. The van der Waals surface area contributed by atoms with Crippen LogP contribution >= 0.6 is 33.9 Å². The molecule has 0 aliphatic carbocycles. The van der Waals surface area contributed by atoms with Gasteiger partial charge in [0.2, 0.25) is 0 Å². The summed E-state index contributed by atoms with van der Waals surface area (Å²) in [5.74, 6) is -1.82. The Kier molecular flexibility index (Phi) is 4.53. The Morgan fingerprint density at radius 3 is 2.57 bits per heavy atom. The molecule has 2 N–H and O–H groups in total. The number of thiophene rings is 1. The van der Waals surface area contributed by atoms with Crippen molar-refractivity contribution in [1.29, 1.82) is 0 Å². The fourth-order valence-electron chi connectivity index (χ4n) is 1.56. The van der Waals surface area contributed by atoms with Gasteiger partial charge in [-0.25, -0.2) is 4.79 Å². The zero-order chi connectivity index (χ0) is 15.6. The number of amides is 1. The summed E-state index contributed by atoms with van der Waals surface area (Å²) in [6.07, 6.45) is 0. The monoisotopic (exact) mass is 418 g/mol. The lowest BCUT2D eigenvalue weighted by atomic mass is 10.1. The van der Waals surface area contributed by atoms with E-state index in [4.69, 9.17) is 5.11 Å². The van der Waals surface area contributed by atoms with Gasteiger partial charge in [0.15, 0.2) is 0 Å². The van der Waals surface area contributed by atoms with Crippen LogP contribution in [0.4, 0.5) is 11.4 Å². The minimum Gasteiger partial charge on any atom is -0.478 e. The molecule has 0 unspecified atom stereocenters. The van der Waals surface area contributed by atoms with Crippen LogP contribution in [0.25, 0.3) is 0 Å². The van der Waals surface area contributed by atoms with Crippen LogP contribution < -0.4 is 5.32 Å². The molecule has 2 rings (SSSR count). The number of hydrogen-bond donors (Lipinski definition) is 2. The number of carboxylic acid groups (broad SMARTS) is 1. The molecule has 0 saturated heterocycles. The molecule has 9 heteroatoms. The highest BCUT2D eigenvalue weighted by molar-refractivity contribution is 14.1. The van der Waals surface area contributed by atoms with Crippen molar-refractivity contribution in [3.8, 4) is 0 Å². The SMILES string of the molecule is O=C(Nc1ccc([N+](=O)[O-])cc1C(=O)O)c1csc(I)c1. The van der Waals surface area contributed by atoms with Crippen LogP contribution in [0.3, 0.4) is 0 Å². The zero-order valence-electron chi connectivity index (χ0n) is 10.2. The first-order chi connectivity index (χ1) is 9.88. The van der Waals surface area contributed by atoms with Gasteiger partial charge >= 0.3 is 5.97 Å². The summed E-state index contributed by atoms with van der Waals surface area (Å²) in [7, 11) is 0. The number of carbonyl (C=O) groups excluding carboxylic acids is 1. The molecule has 0 aliphatic heterocycles. The summed E-state index contributed by atoms with van der Waals surface area (Å²) in [6, 6.07) is 4.91. The quantitative estimate of drug-likeness (QED) is 0.450. The van der Waals surface area contributed by atoms with Crippen LogP contribution in [0.2, 0.25) is 0 Å². The van der Waals surface area contributed by atoms with Gasteiger partial charge in [0, 0.05) is 17.5 Å². The van der Waals surface area contributed by atoms with Gasteiger partial charge in [0.1, 0.15) is 0 Å². The minimum absolute atomic E-state index is 0.0132. The van der Waals surface area contributed by atoms with Crippen molar-refractivity contribution < 1.29 is 19.6 Å². The number of nitrogens with zero attached hydrogens (tertiary/aromatic N) is 1. The fourth-order valence-corrected chi connectivity index (χ4v) is 2.88. The second-order valence-electron chi connectivity index (χ2n) is 3.89. The Balaban J connectivity index is 2.33. The van der Waals surface area contributed by atoms with Crippen molar-refractivity contribution in [2.75, 3.05) is 5.32 Å². The summed E-state index contributed by atoms with van der Waals surface area (Å²) in [6.45, 7) is 0. The van der Waals surface area contributed by atoms with Gasteiger partial charge in [-0.3, -0.25) is 14.9 Å². The summed E-state index contributed by atoms with van der Waals surface area (Å²) in [5, 5.41) is 23.8. The maximum Gasteiger partial charge on any atom is 0.338 e. The van der Waals surface area contributed by atoms with E-state index in [1.807, 2.05) is 0 Å². The molecule has 0 aliphatic rings. The van der Waals surface area contributed by atoms with Gasteiger partial charge in [-0.2, -0.15) is 0 Å². The van der Waals surface area contributed by atoms with Crippen LogP contribution in [-0.2, 0) is 0 Å². The number of anilines is 1. The first kappa shape index (κ1) is 15.4. The van der Waals surface area contributed by atoms with Crippen LogP contribution in [0.15, 0.2) is 29.6 Å². The average molecular weight is 418 g/mol. The Labute approximate surface area is 135 Å². The van der Waals surface area contributed by atoms with Gasteiger partial charge in [-0.1, -0.05) is 0 Å². The third kappa shape index (κ3) is 3.55. The molecule has 108 valence electrons. The van der Waals surface area contributed by atoms with Gasteiger partial charge < -0.3 is 10.4 Å². The molecule has 0 atom stereocenters. The van der Waals surface area contributed by atoms with Crippen molar-refractivity contribution >= 4 is 57.2 Å². The lowest BCUT2D eigenvalue weighted by Crippen LogP contribution is -2.14. The molecule has 0 fully saturated rings. The molecular weight excluding hydrogens is 411 g/mol. The maximum absolute atomic E-state index is 12.0. The number of benzene rings is 1. The molecule has 0 radical (unpaired) electrons. The number of aromatic carboxylic acids is 1. The number of non-ortho nitro benzene ring substituents is 1.